The van der Waals surface area contributed by atoms with Crippen LogP contribution < -0.4 is 5.32 Å². The van der Waals surface area contributed by atoms with Crippen LogP contribution in [0.5, 0.6) is 0 Å². The van der Waals surface area contributed by atoms with Crippen molar-refractivity contribution in [2.24, 2.45) is 0 Å². The average molecular weight is 333 g/mol. The molecule has 0 radical (unpaired) electrons. The molecule has 1 amide bonds. The van der Waals surface area contributed by atoms with Crippen LogP contribution >= 0.6 is 0 Å². The number of hydrogen-bond acceptors (Lipinski definition) is 4. The van der Waals surface area contributed by atoms with E-state index >= 15 is 0 Å². The smallest absolute Gasteiger partial charge is 0.262 e. The second kappa shape index (κ2) is 9.26. The molecule has 24 heavy (non-hydrogen) atoms. The molecular weight excluding hydrogens is 306 g/mol. The lowest BCUT2D eigenvalue weighted by Crippen LogP contribution is -2.36. The lowest BCUT2D eigenvalue weighted by Gasteiger charge is -2.17. The summed E-state index contributed by atoms with van der Waals surface area (Å²) in [6.07, 6.45) is 1.63. The second-order valence-electron chi connectivity index (χ2n) is 6.00. The first kappa shape index (κ1) is 19.9. The van der Waals surface area contributed by atoms with Gasteiger partial charge in [0.1, 0.15) is 11.6 Å². The van der Waals surface area contributed by atoms with Crippen LogP contribution in [0.2, 0.25) is 0 Å². The minimum Gasteiger partial charge on any atom is -0.383 e. The SMILES string of the molecule is COCC(C)NC(=O)/C(C#N)=C/c1cc(C)n(C(C)COC)c1C. The van der Waals surface area contributed by atoms with Gasteiger partial charge in [0.2, 0.25) is 0 Å². The van der Waals surface area contributed by atoms with Crippen molar-refractivity contribution < 1.29 is 14.3 Å². The highest BCUT2D eigenvalue weighted by Crippen LogP contribution is 2.22. The molecule has 132 valence electrons. The van der Waals surface area contributed by atoms with E-state index in [4.69, 9.17) is 9.47 Å². The number of methoxy groups -OCH3 is 2. The summed E-state index contributed by atoms with van der Waals surface area (Å²) < 4.78 is 12.4. The van der Waals surface area contributed by atoms with Gasteiger partial charge in [-0.3, -0.25) is 4.79 Å². The maximum absolute atomic E-state index is 12.2. The predicted molar refractivity (Wildman–Crippen MR) is 93.6 cm³/mol. The molecule has 1 heterocycles. The van der Waals surface area contributed by atoms with Crippen LogP contribution in [0.15, 0.2) is 11.6 Å². The van der Waals surface area contributed by atoms with Gasteiger partial charge in [-0.1, -0.05) is 0 Å². The molecule has 2 atom stereocenters. The zero-order valence-electron chi connectivity index (χ0n) is 15.3. The summed E-state index contributed by atoms with van der Waals surface area (Å²) >= 11 is 0. The molecule has 1 rings (SSSR count). The molecule has 0 aromatic carbocycles. The standard InChI is InChI=1S/C18H27N3O3/c1-12(10-23-5)20-18(22)17(9-19)8-16-7-13(2)21(15(16)4)14(3)11-24-6/h7-8,12,14H,10-11H2,1-6H3,(H,20,22)/b17-8+. The van der Waals surface area contributed by atoms with Crippen LogP contribution in [0.4, 0.5) is 0 Å². The Bertz CT molecular complexity index is 641. The molecule has 0 fully saturated rings. The summed E-state index contributed by atoms with van der Waals surface area (Å²) in [7, 11) is 3.24. The largest absolute Gasteiger partial charge is 0.383 e. The summed E-state index contributed by atoms with van der Waals surface area (Å²) in [5.74, 6) is -0.392. The molecule has 0 saturated heterocycles. The Labute approximate surface area is 144 Å². The molecule has 1 N–H and O–H groups in total. The first-order valence-corrected chi connectivity index (χ1v) is 7.94. The summed E-state index contributed by atoms with van der Waals surface area (Å²) in [6.45, 7) is 8.87. The number of ether oxygens (including phenoxy) is 2. The van der Waals surface area contributed by atoms with Crippen LogP contribution in [-0.4, -0.2) is 43.9 Å². The number of hydrogen-bond donors (Lipinski definition) is 1. The fourth-order valence-corrected chi connectivity index (χ4v) is 2.84. The molecule has 6 heteroatoms. The van der Waals surface area contributed by atoms with Crippen molar-refractivity contribution in [3.63, 3.8) is 0 Å². The molecule has 6 nitrogen and oxygen atoms in total. The third-order valence-electron chi connectivity index (χ3n) is 3.83. The van der Waals surface area contributed by atoms with Gasteiger partial charge in [-0.2, -0.15) is 5.26 Å². The predicted octanol–water partition coefficient (Wildman–Crippen LogP) is 2.37. The van der Waals surface area contributed by atoms with Gasteiger partial charge in [0.05, 0.1) is 19.3 Å². The Morgan fingerprint density at radius 2 is 1.96 bits per heavy atom. The lowest BCUT2D eigenvalue weighted by atomic mass is 10.1. The Morgan fingerprint density at radius 3 is 2.50 bits per heavy atom. The minimum absolute atomic E-state index is 0.0811. The van der Waals surface area contributed by atoms with E-state index in [1.165, 1.54) is 0 Å². The van der Waals surface area contributed by atoms with Gasteiger partial charge in [-0.05, 0) is 45.4 Å². The summed E-state index contributed by atoms with van der Waals surface area (Å²) in [5.41, 5.74) is 3.01. The van der Waals surface area contributed by atoms with E-state index in [1.54, 1.807) is 20.3 Å². The second-order valence-corrected chi connectivity index (χ2v) is 6.00. The topological polar surface area (TPSA) is 76.3 Å². The molecule has 2 unspecified atom stereocenters. The molecular formula is C18H27N3O3. The zero-order chi connectivity index (χ0) is 18.3. The molecule has 0 aliphatic rings. The number of amides is 1. The third kappa shape index (κ3) is 4.95. The van der Waals surface area contributed by atoms with Crippen molar-refractivity contribution in [2.75, 3.05) is 27.4 Å². The van der Waals surface area contributed by atoms with Crippen molar-refractivity contribution in [3.8, 4) is 6.07 Å². The molecule has 0 aliphatic carbocycles. The number of nitriles is 1. The van der Waals surface area contributed by atoms with Crippen molar-refractivity contribution >= 4 is 12.0 Å². The van der Waals surface area contributed by atoms with E-state index in [1.807, 2.05) is 32.9 Å². The number of aryl methyl sites for hydroxylation is 1. The number of nitrogens with zero attached hydrogens (tertiary/aromatic N) is 2. The summed E-state index contributed by atoms with van der Waals surface area (Å²) in [5, 5.41) is 12.1. The first-order chi connectivity index (χ1) is 11.3. The number of rotatable bonds is 8. The van der Waals surface area contributed by atoms with Crippen molar-refractivity contribution in [3.05, 3.63) is 28.6 Å². The highest BCUT2D eigenvalue weighted by molar-refractivity contribution is 6.02. The Balaban J connectivity index is 3.07. The zero-order valence-corrected chi connectivity index (χ0v) is 15.3. The van der Waals surface area contributed by atoms with Gasteiger partial charge < -0.3 is 19.4 Å². The monoisotopic (exact) mass is 333 g/mol. The molecule has 0 spiro atoms. The number of nitrogens with one attached hydrogen (secondary N) is 1. The Hall–Kier alpha value is -2.10. The van der Waals surface area contributed by atoms with Crippen LogP contribution in [0.3, 0.4) is 0 Å². The van der Waals surface area contributed by atoms with Crippen molar-refractivity contribution in [1.29, 1.82) is 5.26 Å². The highest BCUT2D eigenvalue weighted by atomic mass is 16.5. The summed E-state index contributed by atoms with van der Waals surface area (Å²) in [4.78, 5) is 12.2. The van der Waals surface area contributed by atoms with Crippen LogP contribution in [0, 0.1) is 25.2 Å². The molecule has 0 saturated carbocycles. The van der Waals surface area contributed by atoms with E-state index in [9.17, 15) is 10.1 Å². The highest BCUT2D eigenvalue weighted by Gasteiger charge is 2.16. The maximum atomic E-state index is 12.2. The van der Waals surface area contributed by atoms with Gasteiger partial charge in [-0.15, -0.1) is 0 Å². The third-order valence-corrected chi connectivity index (χ3v) is 3.83. The fraction of sp³-hybridized carbons (Fsp3) is 0.556. The molecule has 0 aliphatic heterocycles. The van der Waals surface area contributed by atoms with Crippen molar-refractivity contribution in [2.45, 2.75) is 39.8 Å². The quantitative estimate of drug-likeness (QED) is 0.585. The Morgan fingerprint density at radius 1 is 1.33 bits per heavy atom. The van der Waals surface area contributed by atoms with Crippen LogP contribution in [0.1, 0.15) is 36.8 Å². The minimum atomic E-state index is -0.392. The van der Waals surface area contributed by atoms with Crippen LogP contribution in [-0.2, 0) is 14.3 Å². The van der Waals surface area contributed by atoms with E-state index in [2.05, 4.69) is 16.8 Å². The number of carbonyl (C=O) groups is 1. The van der Waals surface area contributed by atoms with Gasteiger partial charge >= 0.3 is 0 Å². The molecule has 1 aromatic heterocycles. The van der Waals surface area contributed by atoms with Gasteiger partial charge in [0, 0.05) is 31.6 Å². The first-order valence-electron chi connectivity index (χ1n) is 7.94. The van der Waals surface area contributed by atoms with Gasteiger partial charge in [0.15, 0.2) is 0 Å². The number of aromatic nitrogens is 1. The van der Waals surface area contributed by atoms with Crippen LogP contribution in [0.25, 0.3) is 6.08 Å². The Kier molecular flexibility index (Phi) is 7.69. The van der Waals surface area contributed by atoms with E-state index in [0.29, 0.717) is 13.2 Å². The lowest BCUT2D eigenvalue weighted by molar-refractivity contribution is -0.117. The van der Waals surface area contributed by atoms with E-state index in [-0.39, 0.29) is 17.7 Å². The van der Waals surface area contributed by atoms with Crippen molar-refractivity contribution in [1.82, 2.24) is 9.88 Å². The van der Waals surface area contributed by atoms with Gasteiger partial charge in [0.25, 0.3) is 5.91 Å². The average Bonchev–Trinajstić information content (AvgIpc) is 2.79. The normalized spacial score (nSPS) is 14.1. The summed E-state index contributed by atoms with van der Waals surface area (Å²) in [6, 6.07) is 3.98. The molecule has 1 aromatic rings. The molecule has 0 bridgehead atoms. The maximum Gasteiger partial charge on any atom is 0.262 e. The number of carbonyl (C=O) groups excluding carboxylic acids is 1. The van der Waals surface area contributed by atoms with Gasteiger partial charge in [-0.25, -0.2) is 0 Å². The van der Waals surface area contributed by atoms with E-state index in [0.717, 1.165) is 17.0 Å². The van der Waals surface area contributed by atoms with E-state index < -0.39 is 5.91 Å². The fourth-order valence-electron chi connectivity index (χ4n) is 2.84.